The Hall–Kier alpha value is -3.46. The zero-order valence-corrected chi connectivity index (χ0v) is 17.1. The van der Waals surface area contributed by atoms with Crippen molar-refractivity contribution >= 4 is 16.6 Å². The average molecular weight is 439 g/mol. The molecule has 2 aromatic carbocycles. The van der Waals surface area contributed by atoms with Crippen molar-refractivity contribution in [2.75, 3.05) is 31.1 Å². The van der Waals surface area contributed by atoms with Crippen LogP contribution in [-0.2, 0) is 12.7 Å². The van der Waals surface area contributed by atoms with Crippen molar-refractivity contribution in [3.8, 4) is 11.5 Å². The summed E-state index contributed by atoms with van der Waals surface area (Å²) in [5.74, 6) is 0.549. The van der Waals surface area contributed by atoms with Gasteiger partial charge in [0.1, 0.15) is 0 Å². The maximum Gasteiger partial charge on any atom is 0.416 e. The molecule has 1 saturated heterocycles. The number of hydrogen-bond acceptors (Lipinski definition) is 6. The molecule has 0 radical (unpaired) electrons. The van der Waals surface area contributed by atoms with E-state index in [2.05, 4.69) is 31.0 Å². The Bertz CT molecular complexity index is 1230. The van der Waals surface area contributed by atoms with Gasteiger partial charge in [-0.3, -0.25) is 9.88 Å². The number of hydrogen-bond donors (Lipinski definition) is 0. The van der Waals surface area contributed by atoms with Crippen molar-refractivity contribution in [2.45, 2.75) is 12.7 Å². The smallest absolute Gasteiger partial charge is 0.368 e. The van der Waals surface area contributed by atoms with Gasteiger partial charge in [-0.2, -0.15) is 18.2 Å². The monoisotopic (exact) mass is 439 g/mol. The first-order chi connectivity index (χ1) is 15.5. The third-order valence-corrected chi connectivity index (χ3v) is 5.61. The quantitative estimate of drug-likeness (QED) is 0.462. The second kappa shape index (κ2) is 8.23. The Kier molecular flexibility index (Phi) is 5.26. The van der Waals surface area contributed by atoms with E-state index in [0.717, 1.165) is 49.2 Å². The number of aromatic nitrogens is 3. The zero-order chi connectivity index (χ0) is 22.1. The summed E-state index contributed by atoms with van der Waals surface area (Å²) in [5, 5.41) is 5.10. The Morgan fingerprint density at radius 3 is 2.56 bits per heavy atom. The van der Waals surface area contributed by atoms with E-state index in [1.165, 1.54) is 17.8 Å². The molecule has 0 spiro atoms. The number of halogens is 3. The van der Waals surface area contributed by atoms with Crippen LogP contribution in [0.2, 0.25) is 0 Å². The van der Waals surface area contributed by atoms with E-state index in [1.807, 2.05) is 30.5 Å². The van der Waals surface area contributed by atoms with Crippen LogP contribution in [0, 0.1) is 0 Å². The van der Waals surface area contributed by atoms with Gasteiger partial charge in [-0.1, -0.05) is 29.4 Å². The molecule has 4 aromatic rings. The lowest BCUT2D eigenvalue weighted by Gasteiger charge is -2.36. The van der Waals surface area contributed by atoms with Crippen LogP contribution in [0.4, 0.5) is 18.9 Å². The number of anilines is 1. The molecule has 1 aliphatic heterocycles. The van der Waals surface area contributed by atoms with Crippen LogP contribution in [0.5, 0.6) is 0 Å². The summed E-state index contributed by atoms with van der Waals surface area (Å²) in [6, 6.07) is 15.0. The Balaban J connectivity index is 1.24. The first kappa shape index (κ1) is 20.4. The highest BCUT2D eigenvalue weighted by Crippen LogP contribution is 2.32. The molecular formula is C23H20F3N5O. The molecule has 0 unspecified atom stereocenters. The average Bonchev–Trinajstić information content (AvgIpc) is 3.27. The summed E-state index contributed by atoms with van der Waals surface area (Å²) in [6.07, 6.45) is -2.59. The normalized spacial score (nSPS) is 15.4. The molecule has 164 valence electrons. The van der Waals surface area contributed by atoms with Gasteiger partial charge in [-0.25, -0.2) is 0 Å². The predicted octanol–water partition coefficient (Wildman–Crippen LogP) is 4.63. The van der Waals surface area contributed by atoms with Crippen LogP contribution < -0.4 is 4.90 Å². The number of alkyl halides is 3. The highest BCUT2D eigenvalue weighted by atomic mass is 19.4. The molecule has 1 aliphatic rings. The van der Waals surface area contributed by atoms with E-state index in [1.54, 1.807) is 0 Å². The van der Waals surface area contributed by atoms with Crippen molar-refractivity contribution in [2.24, 2.45) is 0 Å². The predicted molar refractivity (Wildman–Crippen MR) is 114 cm³/mol. The van der Waals surface area contributed by atoms with Crippen LogP contribution in [0.15, 0.2) is 65.3 Å². The summed E-state index contributed by atoms with van der Waals surface area (Å²) >= 11 is 0. The number of rotatable bonds is 4. The van der Waals surface area contributed by atoms with Gasteiger partial charge in [0.05, 0.1) is 17.6 Å². The van der Waals surface area contributed by atoms with Crippen LogP contribution in [-0.4, -0.2) is 46.2 Å². The van der Waals surface area contributed by atoms with E-state index in [4.69, 9.17) is 4.52 Å². The molecule has 2 aromatic heterocycles. The molecule has 0 N–H and O–H groups in total. The van der Waals surface area contributed by atoms with Gasteiger partial charge in [0.25, 0.3) is 5.89 Å². The van der Waals surface area contributed by atoms with Crippen molar-refractivity contribution in [1.29, 1.82) is 0 Å². The second-order valence-corrected chi connectivity index (χ2v) is 7.70. The Morgan fingerprint density at radius 2 is 1.75 bits per heavy atom. The highest BCUT2D eigenvalue weighted by molar-refractivity contribution is 5.91. The lowest BCUT2D eigenvalue weighted by atomic mass is 10.1. The zero-order valence-electron chi connectivity index (χ0n) is 17.1. The van der Waals surface area contributed by atoms with Crippen molar-refractivity contribution in [1.82, 2.24) is 20.0 Å². The topological polar surface area (TPSA) is 58.3 Å². The van der Waals surface area contributed by atoms with Crippen LogP contribution >= 0.6 is 0 Å². The number of nitrogens with zero attached hydrogens (tertiary/aromatic N) is 5. The van der Waals surface area contributed by atoms with Gasteiger partial charge in [-0.05, 0) is 30.3 Å². The molecule has 9 heteroatoms. The number of piperazine rings is 1. The van der Waals surface area contributed by atoms with Crippen LogP contribution in [0.1, 0.15) is 11.4 Å². The number of fused-ring (bicyclic) bond motifs is 1. The SMILES string of the molecule is FC(F)(F)c1cccc(-c2nc(CN3CCN(c4ccnc5ccccc45)CC3)no2)c1. The van der Waals surface area contributed by atoms with Crippen molar-refractivity contribution in [3.05, 3.63) is 72.2 Å². The lowest BCUT2D eigenvalue weighted by Crippen LogP contribution is -2.46. The molecule has 3 heterocycles. The Morgan fingerprint density at radius 1 is 0.938 bits per heavy atom. The summed E-state index contributed by atoms with van der Waals surface area (Å²) in [6.45, 7) is 3.78. The van der Waals surface area contributed by atoms with E-state index in [-0.39, 0.29) is 11.5 Å². The maximum absolute atomic E-state index is 13.0. The number of pyridine rings is 1. The summed E-state index contributed by atoms with van der Waals surface area (Å²) < 4.78 is 44.1. The largest absolute Gasteiger partial charge is 0.416 e. The van der Waals surface area contributed by atoms with Gasteiger partial charge in [0.2, 0.25) is 0 Å². The minimum atomic E-state index is -4.42. The molecule has 6 nitrogen and oxygen atoms in total. The van der Waals surface area contributed by atoms with E-state index >= 15 is 0 Å². The molecule has 5 rings (SSSR count). The number of benzene rings is 2. The third kappa shape index (κ3) is 4.16. The lowest BCUT2D eigenvalue weighted by molar-refractivity contribution is -0.137. The minimum absolute atomic E-state index is 0.0907. The van der Waals surface area contributed by atoms with Crippen LogP contribution in [0.3, 0.4) is 0 Å². The summed E-state index contributed by atoms with van der Waals surface area (Å²) in [5.41, 5.74) is 1.66. The molecule has 0 atom stereocenters. The molecule has 0 amide bonds. The van der Waals surface area contributed by atoms with Crippen molar-refractivity contribution < 1.29 is 17.7 Å². The van der Waals surface area contributed by atoms with Crippen LogP contribution in [0.25, 0.3) is 22.4 Å². The molecule has 0 aliphatic carbocycles. The van der Waals surface area contributed by atoms with E-state index in [0.29, 0.717) is 12.4 Å². The highest BCUT2D eigenvalue weighted by Gasteiger charge is 2.31. The van der Waals surface area contributed by atoms with Crippen molar-refractivity contribution in [3.63, 3.8) is 0 Å². The summed E-state index contributed by atoms with van der Waals surface area (Å²) in [7, 11) is 0. The summed E-state index contributed by atoms with van der Waals surface area (Å²) in [4.78, 5) is 13.3. The first-order valence-electron chi connectivity index (χ1n) is 10.3. The van der Waals surface area contributed by atoms with Gasteiger partial charge >= 0.3 is 6.18 Å². The molecular weight excluding hydrogens is 419 g/mol. The Labute approximate surface area is 182 Å². The van der Waals surface area contributed by atoms with Gasteiger partial charge < -0.3 is 9.42 Å². The fourth-order valence-electron chi connectivity index (χ4n) is 3.97. The molecule has 1 fully saturated rings. The second-order valence-electron chi connectivity index (χ2n) is 7.70. The first-order valence-corrected chi connectivity index (χ1v) is 10.3. The fourth-order valence-corrected chi connectivity index (χ4v) is 3.97. The maximum atomic E-state index is 13.0. The standard InChI is InChI=1S/C23H20F3N5O/c24-23(25,26)17-5-3-4-16(14-17)22-28-21(29-32-22)15-30-10-12-31(13-11-30)20-8-9-27-19-7-2-1-6-18(19)20/h1-9,14H,10-13,15H2. The molecule has 0 bridgehead atoms. The number of para-hydroxylation sites is 1. The van der Waals surface area contributed by atoms with Gasteiger partial charge in [-0.15, -0.1) is 0 Å². The van der Waals surface area contributed by atoms with E-state index < -0.39 is 11.7 Å². The van der Waals surface area contributed by atoms with E-state index in [9.17, 15) is 13.2 Å². The van der Waals surface area contributed by atoms with Gasteiger partial charge in [0, 0.05) is 49.0 Å². The third-order valence-electron chi connectivity index (χ3n) is 5.61. The fraction of sp³-hybridized carbons (Fsp3) is 0.261. The minimum Gasteiger partial charge on any atom is -0.368 e. The molecule has 32 heavy (non-hydrogen) atoms. The molecule has 0 saturated carbocycles. The van der Waals surface area contributed by atoms with Gasteiger partial charge in [0.15, 0.2) is 5.82 Å².